The first-order chi connectivity index (χ1) is 11.3. The maximum atomic E-state index is 4.64. The molecule has 8 heteroatoms. The third-order valence-corrected chi connectivity index (χ3v) is 6.98. The Hall–Kier alpha value is -0.960. The highest BCUT2D eigenvalue weighted by molar-refractivity contribution is 8.00. The predicted molar refractivity (Wildman–Crippen MR) is 102 cm³/mol. The Bertz CT molecular complexity index is 705. The number of aryl methyl sites for hydroxylation is 1. The smallest absolute Gasteiger partial charge is 0.206 e. The van der Waals surface area contributed by atoms with Crippen LogP contribution in [0, 0.1) is 0 Å². The summed E-state index contributed by atoms with van der Waals surface area (Å²) in [5, 5.41) is 18.2. The van der Waals surface area contributed by atoms with Crippen LogP contribution in [0.25, 0.3) is 0 Å². The Morgan fingerprint density at radius 1 is 1.22 bits per heavy atom. The zero-order valence-corrected chi connectivity index (χ0v) is 16.1. The zero-order valence-electron chi connectivity index (χ0n) is 12.8. The summed E-state index contributed by atoms with van der Waals surface area (Å²) in [4.78, 5) is 6.03. The Kier molecular flexibility index (Phi) is 6.44. The molecule has 0 atom stereocenters. The van der Waals surface area contributed by atoms with Gasteiger partial charge < -0.3 is 5.32 Å². The predicted octanol–water partition coefficient (Wildman–Crippen LogP) is 4.96. The van der Waals surface area contributed by atoms with Gasteiger partial charge in [0.05, 0.1) is 10.7 Å². The molecular weight excluding hydrogens is 364 g/mol. The molecule has 3 rings (SSSR count). The number of thiazole rings is 1. The molecule has 1 N–H and O–H groups in total. The Balaban J connectivity index is 1.43. The minimum atomic E-state index is 0.865. The van der Waals surface area contributed by atoms with Gasteiger partial charge in [0.1, 0.15) is 0 Å². The monoisotopic (exact) mass is 382 g/mol. The van der Waals surface area contributed by atoms with E-state index in [-0.39, 0.29) is 0 Å². The third-order valence-electron chi connectivity index (χ3n) is 3.04. The van der Waals surface area contributed by atoms with Gasteiger partial charge in [-0.15, -0.1) is 32.9 Å². The summed E-state index contributed by atoms with van der Waals surface area (Å²) in [6, 6.07) is 4.25. The minimum absolute atomic E-state index is 0.865. The second-order valence-electron chi connectivity index (χ2n) is 4.90. The lowest BCUT2D eigenvalue weighted by Gasteiger charge is -1.99. The van der Waals surface area contributed by atoms with Crippen LogP contribution in [0.1, 0.15) is 28.9 Å². The van der Waals surface area contributed by atoms with Crippen LogP contribution in [0.15, 0.2) is 27.2 Å². The summed E-state index contributed by atoms with van der Waals surface area (Å²) in [5.41, 5.74) is 1.14. The van der Waals surface area contributed by atoms with Crippen LogP contribution >= 0.6 is 45.8 Å². The lowest BCUT2D eigenvalue weighted by atomic mass is 10.3. The van der Waals surface area contributed by atoms with Crippen LogP contribution in [0.5, 0.6) is 0 Å². The van der Waals surface area contributed by atoms with Gasteiger partial charge >= 0.3 is 0 Å². The number of hydrogen-bond acceptors (Lipinski definition) is 8. The zero-order chi connectivity index (χ0) is 15.9. The average Bonchev–Trinajstić information content (AvgIpc) is 3.27. The number of thiophene rings is 1. The number of rotatable bonds is 9. The van der Waals surface area contributed by atoms with E-state index in [4.69, 9.17) is 0 Å². The van der Waals surface area contributed by atoms with Crippen molar-refractivity contribution in [1.29, 1.82) is 0 Å². The fourth-order valence-corrected chi connectivity index (χ4v) is 5.35. The van der Waals surface area contributed by atoms with Crippen molar-refractivity contribution in [2.75, 3.05) is 11.9 Å². The highest BCUT2D eigenvalue weighted by Crippen LogP contribution is 2.28. The molecular formula is C15H18N4S4. The van der Waals surface area contributed by atoms with E-state index in [2.05, 4.69) is 50.3 Å². The molecule has 122 valence electrons. The summed E-state index contributed by atoms with van der Waals surface area (Å²) in [6.45, 7) is 3.08. The number of hydrogen-bond donors (Lipinski definition) is 1. The van der Waals surface area contributed by atoms with E-state index in [1.165, 1.54) is 9.88 Å². The van der Waals surface area contributed by atoms with E-state index in [0.717, 1.165) is 46.7 Å². The number of aromatic nitrogens is 3. The topological polar surface area (TPSA) is 50.7 Å². The standard InChI is InChI=1S/C15H18N4S4/c1-2-4-13-17-11(9-21-13)10-22-15-19-18-14(23-15)16-7-6-12-5-3-8-20-12/h3,5,8-9H,2,4,6-7,10H2,1H3,(H,16,18). The van der Waals surface area contributed by atoms with E-state index in [9.17, 15) is 0 Å². The molecule has 3 aromatic rings. The van der Waals surface area contributed by atoms with Crippen LogP contribution in [-0.4, -0.2) is 21.7 Å². The van der Waals surface area contributed by atoms with Gasteiger partial charge in [-0.1, -0.05) is 36.1 Å². The first-order valence-corrected chi connectivity index (χ1v) is 11.1. The van der Waals surface area contributed by atoms with Crippen LogP contribution in [-0.2, 0) is 18.6 Å². The minimum Gasteiger partial charge on any atom is -0.360 e. The molecule has 4 nitrogen and oxygen atoms in total. The van der Waals surface area contributed by atoms with Gasteiger partial charge in [0.15, 0.2) is 4.34 Å². The Morgan fingerprint density at radius 2 is 2.17 bits per heavy atom. The molecule has 0 unspecified atom stereocenters. The third kappa shape index (κ3) is 5.27. The molecule has 0 bridgehead atoms. The molecule has 0 fully saturated rings. The van der Waals surface area contributed by atoms with Crippen LogP contribution in [0.4, 0.5) is 5.13 Å². The maximum Gasteiger partial charge on any atom is 0.206 e. The van der Waals surface area contributed by atoms with Gasteiger partial charge in [-0.2, -0.15) is 0 Å². The van der Waals surface area contributed by atoms with Crippen molar-refractivity contribution in [3.05, 3.63) is 38.5 Å². The summed E-state index contributed by atoms with van der Waals surface area (Å²) in [6.07, 6.45) is 3.25. The lowest BCUT2D eigenvalue weighted by Crippen LogP contribution is -2.03. The molecule has 0 saturated heterocycles. The van der Waals surface area contributed by atoms with Gasteiger partial charge in [-0.3, -0.25) is 0 Å². The number of nitrogens with one attached hydrogen (secondary N) is 1. The fourth-order valence-electron chi connectivity index (χ4n) is 1.97. The number of anilines is 1. The van der Waals surface area contributed by atoms with E-state index >= 15 is 0 Å². The molecule has 23 heavy (non-hydrogen) atoms. The summed E-state index contributed by atoms with van der Waals surface area (Å²) >= 11 is 6.87. The van der Waals surface area contributed by atoms with E-state index in [0.29, 0.717) is 0 Å². The van der Waals surface area contributed by atoms with Crippen LogP contribution in [0.2, 0.25) is 0 Å². The van der Waals surface area contributed by atoms with E-state index in [1.807, 2.05) is 0 Å². The van der Waals surface area contributed by atoms with Crippen molar-refractivity contribution in [3.8, 4) is 0 Å². The maximum absolute atomic E-state index is 4.64. The van der Waals surface area contributed by atoms with Crippen molar-refractivity contribution < 1.29 is 0 Å². The number of nitrogens with zero attached hydrogens (tertiary/aromatic N) is 3. The lowest BCUT2D eigenvalue weighted by molar-refractivity contribution is 0.902. The summed E-state index contributed by atoms with van der Waals surface area (Å²) < 4.78 is 0.994. The SMILES string of the molecule is CCCc1nc(CSc2nnc(NCCc3cccs3)s2)cs1. The van der Waals surface area contributed by atoms with Crippen molar-refractivity contribution in [3.63, 3.8) is 0 Å². The van der Waals surface area contributed by atoms with Gasteiger partial charge in [0.2, 0.25) is 5.13 Å². The van der Waals surface area contributed by atoms with Gasteiger partial charge in [0, 0.05) is 22.6 Å². The van der Waals surface area contributed by atoms with Crippen molar-refractivity contribution in [2.24, 2.45) is 0 Å². The molecule has 0 amide bonds. The normalized spacial score (nSPS) is 11.0. The van der Waals surface area contributed by atoms with Crippen molar-refractivity contribution in [2.45, 2.75) is 36.3 Å². The molecule has 0 aliphatic rings. The molecule has 0 aliphatic carbocycles. The van der Waals surface area contributed by atoms with Crippen LogP contribution < -0.4 is 5.32 Å². The Morgan fingerprint density at radius 3 is 3.00 bits per heavy atom. The molecule has 3 heterocycles. The summed E-state index contributed by atoms with van der Waals surface area (Å²) in [7, 11) is 0. The van der Waals surface area contributed by atoms with E-state index < -0.39 is 0 Å². The first-order valence-electron chi connectivity index (χ1n) is 7.49. The van der Waals surface area contributed by atoms with Gasteiger partial charge in [0.25, 0.3) is 0 Å². The highest BCUT2D eigenvalue weighted by Gasteiger charge is 2.07. The molecule has 0 aliphatic heterocycles. The quantitative estimate of drug-likeness (QED) is 0.530. The van der Waals surface area contributed by atoms with Crippen LogP contribution in [0.3, 0.4) is 0 Å². The van der Waals surface area contributed by atoms with E-state index in [1.54, 1.807) is 45.8 Å². The largest absolute Gasteiger partial charge is 0.360 e. The molecule has 3 aromatic heterocycles. The first kappa shape index (κ1) is 16.9. The van der Waals surface area contributed by atoms with Gasteiger partial charge in [-0.25, -0.2) is 4.98 Å². The number of thioether (sulfide) groups is 1. The molecule has 0 saturated carbocycles. The molecule has 0 aromatic carbocycles. The van der Waals surface area contributed by atoms with Gasteiger partial charge in [-0.05, 0) is 30.7 Å². The fraction of sp³-hybridized carbons (Fsp3) is 0.400. The Labute approximate surface area is 152 Å². The molecule has 0 radical (unpaired) electrons. The van der Waals surface area contributed by atoms with Crippen molar-refractivity contribution >= 4 is 50.9 Å². The van der Waals surface area contributed by atoms with Crippen molar-refractivity contribution in [1.82, 2.24) is 15.2 Å². The summed E-state index contributed by atoms with van der Waals surface area (Å²) in [5.74, 6) is 0.865. The second kappa shape index (κ2) is 8.77. The molecule has 0 spiro atoms. The average molecular weight is 383 g/mol. The highest BCUT2D eigenvalue weighted by atomic mass is 32.2. The second-order valence-corrected chi connectivity index (χ2v) is 9.08.